The maximum atomic E-state index is 9.21. The van der Waals surface area contributed by atoms with Crippen molar-refractivity contribution in [2.45, 2.75) is 0 Å². The quantitative estimate of drug-likeness (QED) is 0.461. The van der Waals surface area contributed by atoms with Crippen LogP contribution in [0.5, 0.6) is 0 Å². The van der Waals surface area contributed by atoms with Crippen LogP contribution in [0.15, 0.2) is 0 Å². The Morgan fingerprint density at radius 2 is 2.00 bits per heavy atom. The van der Waals surface area contributed by atoms with Gasteiger partial charge in [-0.1, -0.05) is 15.9 Å². The number of carboxylic acids is 1. The fraction of sp³-hybridized carbons (Fsp3) is 0.500. The Labute approximate surface area is 64.6 Å². The van der Waals surface area contributed by atoms with Crippen molar-refractivity contribution in [2.24, 2.45) is 0 Å². The van der Waals surface area contributed by atoms with Crippen molar-refractivity contribution in [1.29, 1.82) is 0 Å². The van der Waals surface area contributed by atoms with Gasteiger partial charge in [-0.05, 0) is 0 Å². The second kappa shape index (κ2) is 5.89. The fourth-order valence-corrected chi connectivity index (χ4v) is 0. The zero-order valence-electron chi connectivity index (χ0n) is 3.11. The third-order valence-corrected chi connectivity index (χ3v) is 0.567. The van der Waals surface area contributed by atoms with Crippen molar-refractivity contribution < 1.29 is 37.6 Å². The molecule has 0 aromatic rings. The van der Waals surface area contributed by atoms with E-state index in [9.17, 15) is 9.90 Å². The number of alkyl halides is 1. The third-order valence-electron chi connectivity index (χ3n) is 0.109. The van der Waals surface area contributed by atoms with Gasteiger partial charge < -0.3 is 9.90 Å². The van der Waals surface area contributed by atoms with E-state index in [0.29, 0.717) is 0 Å². The van der Waals surface area contributed by atoms with E-state index < -0.39 is 5.97 Å². The second-order valence-corrected chi connectivity index (χ2v) is 1.07. The minimum atomic E-state index is -1.08. The normalized spacial score (nSPS) is 6.17. The predicted octanol–water partition coefficient (Wildman–Crippen LogP) is -0.871. The number of carbonyl (C=O) groups excluding carboxylic acids is 1. The summed E-state index contributed by atoms with van der Waals surface area (Å²) < 4.78 is 0. The van der Waals surface area contributed by atoms with Gasteiger partial charge in [0.05, 0.1) is 5.97 Å². The van der Waals surface area contributed by atoms with Crippen LogP contribution >= 0.6 is 15.9 Å². The Morgan fingerprint density at radius 1 is 1.83 bits per heavy atom. The molecule has 0 N–H and O–H groups in total. The Hall–Kier alpha value is 0.885. The van der Waals surface area contributed by atoms with Gasteiger partial charge in [0.25, 0.3) is 0 Å². The monoisotopic (exact) mass is 339 g/mol. The van der Waals surface area contributed by atoms with Crippen LogP contribution in [0.1, 0.15) is 0 Å². The van der Waals surface area contributed by atoms with E-state index in [4.69, 9.17) is 0 Å². The molecule has 0 heterocycles. The van der Waals surface area contributed by atoms with Crippen LogP contribution in [0.2, 0.25) is 0 Å². The van der Waals surface area contributed by atoms with Gasteiger partial charge in [-0.15, -0.1) is 0 Å². The smallest absolute Gasteiger partial charge is 0.549 e. The van der Waals surface area contributed by atoms with Gasteiger partial charge in [-0.25, -0.2) is 0 Å². The number of hydrogen-bond donors (Lipinski definition) is 0. The summed E-state index contributed by atoms with van der Waals surface area (Å²) in [6.07, 6.45) is 0. The standard InChI is InChI=1S/C2H3BrO2.Hg/c3-1-2(4)5;/h1H2,(H,4,5);/q;+1/p-1. The number of rotatable bonds is 1. The molecule has 0 aliphatic rings. The minimum Gasteiger partial charge on any atom is -0.549 e. The molecule has 2 nitrogen and oxygen atoms in total. The average Bonchev–Trinajstić information content (AvgIpc) is 1.38. The molecule has 6 heavy (non-hydrogen) atoms. The van der Waals surface area contributed by atoms with Crippen molar-refractivity contribution in [3.8, 4) is 0 Å². The van der Waals surface area contributed by atoms with E-state index in [1.807, 2.05) is 0 Å². The van der Waals surface area contributed by atoms with Gasteiger partial charge in [-0.2, -0.15) is 0 Å². The summed E-state index contributed by atoms with van der Waals surface area (Å²) in [4.78, 5) is 9.21. The topological polar surface area (TPSA) is 40.1 Å². The average molecular weight is 339 g/mol. The van der Waals surface area contributed by atoms with E-state index in [0.717, 1.165) is 0 Å². The minimum absolute atomic E-state index is 0. The molecule has 0 saturated carbocycles. The molecule has 0 spiro atoms. The molecule has 0 bridgehead atoms. The summed E-state index contributed by atoms with van der Waals surface area (Å²) >= 11 is 2.65. The van der Waals surface area contributed by atoms with Crippen LogP contribution in [0.4, 0.5) is 0 Å². The number of halogens is 1. The van der Waals surface area contributed by atoms with Crippen LogP contribution < -0.4 is 5.11 Å². The first-order chi connectivity index (χ1) is 2.27. The molecule has 0 saturated heterocycles. The Balaban J connectivity index is 0. The summed E-state index contributed by atoms with van der Waals surface area (Å²) in [5.74, 6) is -1.08. The van der Waals surface area contributed by atoms with Gasteiger partial charge in [0, 0.05) is 5.33 Å². The van der Waals surface area contributed by atoms with Crippen molar-refractivity contribution in [1.82, 2.24) is 0 Å². The van der Waals surface area contributed by atoms with E-state index in [-0.39, 0.29) is 33.0 Å². The number of carbonyl (C=O) groups is 1. The van der Waals surface area contributed by atoms with E-state index in [2.05, 4.69) is 15.9 Å². The summed E-state index contributed by atoms with van der Waals surface area (Å²) in [5, 5.41) is 9.13. The third kappa shape index (κ3) is 8.86. The Bertz CT molecular complexity index is 46.8. The molecule has 0 aromatic heterocycles. The van der Waals surface area contributed by atoms with Crippen LogP contribution in [0.25, 0.3) is 0 Å². The molecule has 0 rings (SSSR count). The van der Waals surface area contributed by atoms with Gasteiger partial charge in [0.2, 0.25) is 0 Å². The molecule has 0 atom stereocenters. The molecule has 1 radical (unpaired) electrons. The summed E-state index contributed by atoms with van der Waals surface area (Å²) in [6.45, 7) is 0. The first-order valence-electron chi connectivity index (χ1n) is 1.03. The second-order valence-electron chi connectivity index (χ2n) is 0.506. The van der Waals surface area contributed by atoms with Crippen LogP contribution in [0, 0.1) is 0 Å². The van der Waals surface area contributed by atoms with Gasteiger partial charge in [0.1, 0.15) is 0 Å². The first kappa shape index (κ1) is 9.99. The van der Waals surface area contributed by atoms with Crippen molar-refractivity contribution in [3.63, 3.8) is 0 Å². The Kier molecular flexibility index (Phi) is 9.80. The molecule has 0 fully saturated rings. The molecular formula is C2H2BrHgO2. The van der Waals surface area contributed by atoms with Gasteiger partial charge in [-0.3, -0.25) is 0 Å². The van der Waals surface area contributed by atoms with Gasteiger partial charge >= 0.3 is 27.7 Å². The molecule has 0 aliphatic carbocycles. The Morgan fingerprint density at radius 3 is 2.00 bits per heavy atom. The zero-order valence-corrected chi connectivity index (χ0v) is 10.2. The first-order valence-corrected chi connectivity index (χ1v) is 2.15. The van der Waals surface area contributed by atoms with E-state index >= 15 is 0 Å². The molecule has 0 unspecified atom stereocenters. The maximum absolute atomic E-state index is 9.21. The SMILES string of the molecule is O=C([O-])CBr.[Hg+]. The zero-order chi connectivity index (χ0) is 4.28. The van der Waals surface area contributed by atoms with Crippen molar-refractivity contribution in [2.75, 3.05) is 5.33 Å². The van der Waals surface area contributed by atoms with Crippen LogP contribution in [0.3, 0.4) is 0 Å². The molecule has 4 heteroatoms. The number of hydrogen-bond acceptors (Lipinski definition) is 2. The number of carboxylic acid groups (broad SMARTS) is 1. The molecular weight excluding hydrogens is 337 g/mol. The van der Waals surface area contributed by atoms with Gasteiger partial charge in [0.15, 0.2) is 0 Å². The van der Waals surface area contributed by atoms with Crippen molar-refractivity contribution >= 4 is 21.9 Å². The molecule has 0 aliphatic heterocycles. The van der Waals surface area contributed by atoms with Crippen LogP contribution in [-0.2, 0) is 32.5 Å². The summed E-state index contributed by atoms with van der Waals surface area (Å²) in [6, 6.07) is 0. The largest absolute Gasteiger partial charge is 1.00 e. The van der Waals surface area contributed by atoms with Crippen molar-refractivity contribution in [3.05, 3.63) is 0 Å². The maximum Gasteiger partial charge on any atom is 1.00 e. The van der Waals surface area contributed by atoms with E-state index in [1.54, 1.807) is 0 Å². The van der Waals surface area contributed by atoms with Crippen LogP contribution in [-0.4, -0.2) is 11.3 Å². The molecule has 0 aromatic carbocycles. The molecule has 0 amide bonds. The number of aliphatic carboxylic acids is 1. The predicted molar refractivity (Wildman–Crippen MR) is 18.8 cm³/mol. The summed E-state index contributed by atoms with van der Waals surface area (Å²) in [7, 11) is 0. The molecule has 31 valence electrons. The van der Waals surface area contributed by atoms with E-state index in [1.165, 1.54) is 0 Å². The summed E-state index contributed by atoms with van der Waals surface area (Å²) in [5.41, 5.74) is 0. The fourth-order valence-electron chi connectivity index (χ4n) is 0.